The Morgan fingerprint density at radius 1 is 0.649 bits per heavy atom. The Morgan fingerprint density at radius 3 is 1.56 bits per heavy atom. The average Bonchev–Trinajstić information content (AvgIpc) is 3.80. The summed E-state index contributed by atoms with van der Waals surface area (Å²) >= 11 is 0. The molecule has 2 aliphatic carbocycles. The summed E-state index contributed by atoms with van der Waals surface area (Å²) in [5.41, 5.74) is 7.04. The van der Waals surface area contributed by atoms with Crippen LogP contribution in [0.4, 0.5) is 8.78 Å². The molecule has 0 heterocycles. The van der Waals surface area contributed by atoms with E-state index in [1.807, 2.05) is 36.4 Å². The molecule has 2 unspecified atom stereocenters. The summed E-state index contributed by atoms with van der Waals surface area (Å²) in [6.45, 7) is 0. The molecule has 0 bridgehead atoms. The van der Waals surface area contributed by atoms with Gasteiger partial charge in [-0.05, 0) is 133 Å². The van der Waals surface area contributed by atoms with Crippen LogP contribution in [-0.4, -0.2) is 41.8 Å². The number of aryl methyl sites for hydroxylation is 2. The maximum atomic E-state index is 13.1. The summed E-state index contributed by atoms with van der Waals surface area (Å²) in [5.74, 6) is -2.28. The number of hydrogen-bond acceptors (Lipinski definition) is 6. The summed E-state index contributed by atoms with van der Waals surface area (Å²) in [5, 5.41) is 14.7. The number of amides is 2. The number of fused-ring (bicyclic) bond motifs is 2. The molecular weight excluding hydrogens is 731 g/mol. The summed E-state index contributed by atoms with van der Waals surface area (Å²) in [6, 6.07) is 22.5. The second kappa shape index (κ2) is 20.6. The Bertz CT molecular complexity index is 2130. The van der Waals surface area contributed by atoms with Crippen molar-refractivity contribution in [2.75, 3.05) is 7.11 Å². The lowest BCUT2D eigenvalue weighted by Gasteiger charge is -2.14. The standard InChI is InChI=1S/C27H30FNO4.C19H16FNO3/c1-33-26(31)7-5-3-2-4-6-23(30)15-8-19-9-16-24-21(18-19)12-17-25(24)29-27(32)20-10-13-22(28)14-11-20;20-15-6-3-13(4-7-15)19(24)21-17-9-5-14-11-12(1-8-16(14)17)2-10-18(22)23/h8-11,13-16,18,25H,2-7,12,17H2,1H3,(H,29,32);1-4,6-8,10-11,17H,5,9H2,(H,21,24)(H,22,23)/b15-8+;10-2+. The van der Waals surface area contributed by atoms with Crippen LogP contribution in [-0.2, 0) is 32.0 Å². The van der Waals surface area contributed by atoms with Gasteiger partial charge in [0.15, 0.2) is 5.78 Å². The van der Waals surface area contributed by atoms with Crippen LogP contribution in [0.5, 0.6) is 0 Å². The lowest BCUT2D eigenvalue weighted by atomic mass is 10.0. The normalized spacial score (nSPS) is 15.4. The second-order valence-electron chi connectivity index (χ2n) is 14.0. The first-order chi connectivity index (χ1) is 27.5. The number of ether oxygens (including phenoxy) is 1. The molecule has 3 N–H and O–H groups in total. The highest BCUT2D eigenvalue weighted by atomic mass is 19.1. The van der Waals surface area contributed by atoms with E-state index in [2.05, 4.69) is 21.4 Å². The van der Waals surface area contributed by atoms with E-state index in [4.69, 9.17) is 5.11 Å². The third-order valence-electron chi connectivity index (χ3n) is 9.97. The predicted octanol–water partition coefficient (Wildman–Crippen LogP) is 8.68. The van der Waals surface area contributed by atoms with E-state index < -0.39 is 5.97 Å². The number of methoxy groups -OCH3 is 1. The van der Waals surface area contributed by atoms with Crippen molar-refractivity contribution in [2.24, 2.45) is 0 Å². The van der Waals surface area contributed by atoms with Gasteiger partial charge in [0.2, 0.25) is 0 Å². The zero-order valence-corrected chi connectivity index (χ0v) is 31.8. The number of halogens is 2. The summed E-state index contributed by atoms with van der Waals surface area (Å²) in [6.07, 6.45) is 13.7. The molecule has 4 aromatic rings. The van der Waals surface area contributed by atoms with Crippen molar-refractivity contribution in [3.8, 4) is 0 Å². The first kappa shape index (κ1) is 41.9. The van der Waals surface area contributed by atoms with Crippen LogP contribution in [0.3, 0.4) is 0 Å². The highest BCUT2D eigenvalue weighted by Gasteiger charge is 2.25. The number of rotatable bonds is 15. The van der Waals surface area contributed by atoms with Crippen molar-refractivity contribution < 1.29 is 42.6 Å². The molecule has 0 saturated heterocycles. The SMILES string of the molecule is COC(=O)CCCCCCC(=O)/C=C/c1ccc2c(c1)CCC2NC(=O)c1ccc(F)cc1.O=C(O)/C=C/c1ccc2c(c1)CCC2NC(=O)c1ccc(F)cc1. The van der Waals surface area contributed by atoms with Gasteiger partial charge in [-0.15, -0.1) is 0 Å². The van der Waals surface area contributed by atoms with Crippen molar-refractivity contribution in [1.82, 2.24) is 10.6 Å². The first-order valence-electron chi connectivity index (χ1n) is 19.1. The van der Waals surface area contributed by atoms with Gasteiger partial charge in [-0.2, -0.15) is 0 Å². The van der Waals surface area contributed by atoms with Crippen LogP contribution in [0.15, 0.2) is 97.1 Å². The number of allylic oxidation sites excluding steroid dienone is 1. The highest BCUT2D eigenvalue weighted by Crippen LogP contribution is 2.33. The topological polar surface area (TPSA) is 139 Å². The number of carboxylic acids is 1. The van der Waals surface area contributed by atoms with E-state index in [0.717, 1.165) is 85.3 Å². The monoisotopic (exact) mass is 776 g/mol. The minimum Gasteiger partial charge on any atom is -0.478 e. The van der Waals surface area contributed by atoms with E-state index in [0.29, 0.717) is 24.0 Å². The third-order valence-corrected chi connectivity index (χ3v) is 9.97. The predicted molar refractivity (Wildman–Crippen MR) is 213 cm³/mol. The van der Waals surface area contributed by atoms with Gasteiger partial charge in [-0.1, -0.05) is 55.3 Å². The molecule has 296 valence electrons. The van der Waals surface area contributed by atoms with E-state index in [9.17, 15) is 32.8 Å². The fourth-order valence-electron chi connectivity index (χ4n) is 6.93. The maximum absolute atomic E-state index is 13.1. The summed E-state index contributed by atoms with van der Waals surface area (Å²) < 4.78 is 30.6. The van der Waals surface area contributed by atoms with Crippen molar-refractivity contribution in [1.29, 1.82) is 0 Å². The number of carbonyl (C=O) groups is 5. The van der Waals surface area contributed by atoms with Crippen LogP contribution in [0, 0.1) is 11.6 Å². The smallest absolute Gasteiger partial charge is 0.328 e. The van der Waals surface area contributed by atoms with E-state index in [-0.39, 0.29) is 47.3 Å². The van der Waals surface area contributed by atoms with Crippen LogP contribution in [0.1, 0.15) is 118 Å². The van der Waals surface area contributed by atoms with Crippen molar-refractivity contribution in [3.05, 3.63) is 153 Å². The fraction of sp³-hybridized carbons (Fsp3) is 0.283. The summed E-state index contributed by atoms with van der Waals surface area (Å²) in [7, 11) is 1.39. The molecule has 9 nitrogen and oxygen atoms in total. The number of benzene rings is 4. The van der Waals surface area contributed by atoms with Crippen molar-refractivity contribution in [2.45, 2.75) is 76.3 Å². The second-order valence-corrected chi connectivity index (χ2v) is 14.0. The molecule has 2 atom stereocenters. The zero-order chi connectivity index (χ0) is 40.7. The minimum absolute atomic E-state index is 0.0728. The number of esters is 1. The van der Waals surface area contributed by atoms with Gasteiger partial charge >= 0.3 is 11.9 Å². The average molecular weight is 777 g/mol. The fourth-order valence-corrected chi connectivity index (χ4v) is 6.93. The Hall–Kier alpha value is -6.23. The number of carboxylic acid groups (broad SMARTS) is 1. The minimum atomic E-state index is -0.986. The van der Waals surface area contributed by atoms with Crippen molar-refractivity contribution >= 4 is 41.7 Å². The molecule has 0 fully saturated rings. The Balaban J connectivity index is 0.000000228. The Kier molecular flexibility index (Phi) is 15.2. The van der Waals surface area contributed by atoms with Crippen molar-refractivity contribution in [3.63, 3.8) is 0 Å². The molecule has 57 heavy (non-hydrogen) atoms. The van der Waals surface area contributed by atoms with Crippen LogP contribution >= 0.6 is 0 Å². The number of nitrogens with one attached hydrogen (secondary N) is 2. The van der Waals surface area contributed by atoms with Gasteiger partial charge < -0.3 is 20.5 Å². The maximum Gasteiger partial charge on any atom is 0.328 e. The Morgan fingerprint density at radius 2 is 1.11 bits per heavy atom. The molecule has 0 aromatic heterocycles. The molecule has 2 aliphatic rings. The van der Waals surface area contributed by atoms with Crippen LogP contribution in [0.25, 0.3) is 12.2 Å². The lowest BCUT2D eigenvalue weighted by molar-refractivity contribution is -0.140. The molecule has 11 heteroatoms. The molecule has 4 aromatic carbocycles. The third kappa shape index (κ3) is 12.6. The largest absolute Gasteiger partial charge is 0.478 e. The highest BCUT2D eigenvalue weighted by molar-refractivity contribution is 5.95. The molecule has 6 rings (SSSR count). The molecule has 0 saturated carbocycles. The number of carbonyl (C=O) groups excluding carboxylic acids is 4. The quantitative estimate of drug-likeness (QED) is 0.0624. The van der Waals surface area contributed by atoms with Gasteiger partial charge in [-0.3, -0.25) is 19.2 Å². The molecule has 0 spiro atoms. The number of unbranched alkanes of at least 4 members (excludes halogenated alkanes) is 3. The van der Waals surface area contributed by atoms with Gasteiger partial charge in [0, 0.05) is 30.0 Å². The molecule has 2 amide bonds. The van der Waals surface area contributed by atoms with Gasteiger partial charge in [0.1, 0.15) is 11.6 Å². The van der Waals surface area contributed by atoms with E-state index in [1.54, 1.807) is 12.2 Å². The van der Waals surface area contributed by atoms with Crippen LogP contribution < -0.4 is 10.6 Å². The van der Waals surface area contributed by atoms with E-state index in [1.165, 1.54) is 61.2 Å². The first-order valence-corrected chi connectivity index (χ1v) is 19.1. The summed E-state index contributed by atoms with van der Waals surface area (Å²) in [4.78, 5) is 58.5. The Labute approximate surface area is 330 Å². The number of aliphatic carboxylic acids is 1. The molecular formula is C46H46F2N2O7. The molecule has 0 radical (unpaired) electrons. The van der Waals surface area contributed by atoms with Gasteiger partial charge in [0.25, 0.3) is 11.8 Å². The van der Waals surface area contributed by atoms with E-state index >= 15 is 0 Å². The molecule has 0 aliphatic heterocycles. The number of hydrogen-bond donors (Lipinski definition) is 3. The van der Waals surface area contributed by atoms with Gasteiger partial charge in [0.05, 0.1) is 19.2 Å². The zero-order valence-electron chi connectivity index (χ0n) is 31.8. The number of ketones is 1. The van der Waals surface area contributed by atoms with Gasteiger partial charge in [-0.25, -0.2) is 13.6 Å². The lowest BCUT2D eigenvalue weighted by Crippen LogP contribution is -2.27. The van der Waals surface area contributed by atoms with Crippen LogP contribution in [0.2, 0.25) is 0 Å².